The van der Waals surface area contributed by atoms with E-state index in [1.165, 1.54) is 12.8 Å². The molecule has 7 heteroatoms. The SMILES string of the molecule is CC(C)(C)OC(=O)N1CCC[C@@H](c2n[nH]c(=S)n2C2CC2)C1. The molecule has 1 aliphatic carbocycles. The van der Waals surface area contributed by atoms with Crippen LogP contribution in [0.15, 0.2) is 0 Å². The smallest absolute Gasteiger partial charge is 0.410 e. The number of carbonyl (C=O) groups is 1. The summed E-state index contributed by atoms with van der Waals surface area (Å²) in [5.74, 6) is 1.23. The van der Waals surface area contributed by atoms with Crippen molar-refractivity contribution in [3.63, 3.8) is 0 Å². The van der Waals surface area contributed by atoms with Crippen molar-refractivity contribution in [1.29, 1.82) is 0 Å². The van der Waals surface area contributed by atoms with E-state index in [2.05, 4.69) is 14.8 Å². The summed E-state index contributed by atoms with van der Waals surface area (Å²) >= 11 is 5.35. The number of aromatic amines is 1. The van der Waals surface area contributed by atoms with Crippen LogP contribution in [0.2, 0.25) is 0 Å². The highest BCUT2D eigenvalue weighted by Gasteiger charge is 2.34. The molecule has 0 spiro atoms. The lowest BCUT2D eigenvalue weighted by Gasteiger charge is -2.33. The lowest BCUT2D eigenvalue weighted by Crippen LogP contribution is -2.42. The molecule has 122 valence electrons. The van der Waals surface area contributed by atoms with Gasteiger partial charge in [-0.2, -0.15) is 5.10 Å². The molecule has 2 heterocycles. The molecular formula is C15H24N4O2S. The number of piperidine rings is 1. The third-order valence-electron chi connectivity index (χ3n) is 4.08. The van der Waals surface area contributed by atoms with Crippen LogP contribution < -0.4 is 0 Å². The first-order valence-electron chi connectivity index (χ1n) is 8.00. The van der Waals surface area contributed by atoms with Crippen molar-refractivity contribution < 1.29 is 9.53 Å². The maximum absolute atomic E-state index is 12.3. The maximum Gasteiger partial charge on any atom is 0.410 e. The number of carbonyl (C=O) groups excluding carboxylic acids is 1. The van der Waals surface area contributed by atoms with Crippen LogP contribution in [0.25, 0.3) is 0 Å². The van der Waals surface area contributed by atoms with Crippen molar-refractivity contribution in [2.75, 3.05) is 13.1 Å². The summed E-state index contributed by atoms with van der Waals surface area (Å²) in [6.07, 6.45) is 4.11. The molecule has 0 unspecified atom stereocenters. The number of H-pyrrole nitrogens is 1. The Morgan fingerprint density at radius 2 is 2.09 bits per heavy atom. The number of nitrogens with zero attached hydrogens (tertiary/aromatic N) is 3. The largest absolute Gasteiger partial charge is 0.444 e. The van der Waals surface area contributed by atoms with Gasteiger partial charge in [0.05, 0.1) is 0 Å². The van der Waals surface area contributed by atoms with Gasteiger partial charge in [0.1, 0.15) is 11.4 Å². The molecular weight excluding hydrogens is 300 g/mol. The van der Waals surface area contributed by atoms with Crippen LogP contribution in [0.5, 0.6) is 0 Å². The van der Waals surface area contributed by atoms with Gasteiger partial charge in [-0.05, 0) is 58.7 Å². The molecule has 1 amide bonds. The number of amides is 1. The Balaban J connectivity index is 1.73. The van der Waals surface area contributed by atoms with Crippen LogP contribution in [-0.2, 0) is 4.74 Å². The maximum atomic E-state index is 12.3. The average molecular weight is 324 g/mol. The zero-order valence-electron chi connectivity index (χ0n) is 13.5. The number of rotatable bonds is 2. The molecule has 22 heavy (non-hydrogen) atoms. The van der Waals surface area contributed by atoms with E-state index in [4.69, 9.17) is 17.0 Å². The van der Waals surface area contributed by atoms with E-state index in [1.54, 1.807) is 4.90 Å². The van der Waals surface area contributed by atoms with E-state index in [0.717, 1.165) is 25.2 Å². The zero-order chi connectivity index (χ0) is 15.9. The number of hydrogen-bond donors (Lipinski definition) is 1. The quantitative estimate of drug-likeness (QED) is 0.847. The first-order chi connectivity index (χ1) is 10.3. The van der Waals surface area contributed by atoms with Crippen molar-refractivity contribution >= 4 is 18.3 Å². The van der Waals surface area contributed by atoms with Gasteiger partial charge in [0.25, 0.3) is 0 Å². The van der Waals surface area contributed by atoms with E-state index < -0.39 is 5.60 Å². The van der Waals surface area contributed by atoms with E-state index in [0.29, 0.717) is 17.4 Å². The monoisotopic (exact) mass is 324 g/mol. The van der Waals surface area contributed by atoms with Crippen LogP contribution >= 0.6 is 12.2 Å². The summed E-state index contributed by atoms with van der Waals surface area (Å²) in [4.78, 5) is 14.1. The van der Waals surface area contributed by atoms with Crippen molar-refractivity contribution in [3.05, 3.63) is 10.6 Å². The highest BCUT2D eigenvalue weighted by atomic mass is 32.1. The summed E-state index contributed by atoms with van der Waals surface area (Å²) in [5.41, 5.74) is -0.460. The minimum Gasteiger partial charge on any atom is -0.444 e. The molecule has 6 nitrogen and oxygen atoms in total. The van der Waals surface area contributed by atoms with Crippen LogP contribution in [0.4, 0.5) is 4.79 Å². The Labute approximate surface area is 135 Å². The van der Waals surface area contributed by atoms with Gasteiger partial charge < -0.3 is 14.2 Å². The standard InChI is InChI=1S/C15H24N4O2S/c1-15(2,3)21-14(20)18-8-4-5-10(9-18)12-16-17-13(22)19(12)11-6-7-11/h10-11H,4-9H2,1-3H3,(H,17,22)/t10-/m1/s1. The van der Waals surface area contributed by atoms with Gasteiger partial charge in [0.2, 0.25) is 0 Å². The van der Waals surface area contributed by atoms with E-state index >= 15 is 0 Å². The first-order valence-corrected chi connectivity index (χ1v) is 8.41. The van der Waals surface area contributed by atoms with E-state index in [1.807, 2.05) is 20.8 Å². The van der Waals surface area contributed by atoms with Gasteiger partial charge in [0, 0.05) is 25.0 Å². The van der Waals surface area contributed by atoms with Crippen molar-refractivity contribution in [3.8, 4) is 0 Å². The summed E-state index contributed by atoms with van der Waals surface area (Å²) < 4.78 is 8.34. The lowest BCUT2D eigenvalue weighted by atomic mass is 9.97. The Kier molecular flexibility index (Phi) is 4.01. The minimum atomic E-state index is -0.460. The van der Waals surface area contributed by atoms with Crippen molar-refractivity contribution in [2.45, 2.75) is 64.0 Å². The zero-order valence-corrected chi connectivity index (χ0v) is 14.3. The second kappa shape index (κ2) is 5.68. The number of likely N-dealkylation sites (tertiary alicyclic amines) is 1. The third kappa shape index (κ3) is 3.34. The van der Waals surface area contributed by atoms with E-state index in [9.17, 15) is 4.79 Å². The number of hydrogen-bond acceptors (Lipinski definition) is 4. The molecule has 1 atom stereocenters. The van der Waals surface area contributed by atoms with Gasteiger partial charge in [-0.15, -0.1) is 0 Å². The second-order valence-electron chi connectivity index (χ2n) is 7.25. The number of aromatic nitrogens is 3. The predicted molar refractivity (Wildman–Crippen MR) is 85.5 cm³/mol. The van der Waals surface area contributed by atoms with Crippen LogP contribution in [0.3, 0.4) is 0 Å². The van der Waals surface area contributed by atoms with Crippen molar-refractivity contribution in [1.82, 2.24) is 19.7 Å². The van der Waals surface area contributed by atoms with Crippen LogP contribution in [0, 0.1) is 4.77 Å². The molecule has 2 aliphatic rings. The molecule has 0 bridgehead atoms. The van der Waals surface area contributed by atoms with Gasteiger partial charge in [-0.25, -0.2) is 4.79 Å². The summed E-state index contributed by atoms with van der Waals surface area (Å²) in [6, 6.07) is 0.498. The fourth-order valence-corrected chi connectivity index (χ4v) is 3.26. The minimum absolute atomic E-state index is 0.231. The molecule has 1 N–H and O–H groups in total. The van der Waals surface area contributed by atoms with Crippen molar-refractivity contribution in [2.24, 2.45) is 0 Å². The Bertz CT molecular complexity index is 612. The molecule has 0 radical (unpaired) electrons. The summed E-state index contributed by atoms with van der Waals surface area (Å²) in [6.45, 7) is 7.08. The topological polar surface area (TPSA) is 63.1 Å². The molecule has 3 rings (SSSR count). The van der Waals surface area contributed by atoms with Gasteiger partial charge in [-0.3, -0.25) is 5.10 Å². The van der Waals surface area contributed by atoms with Gasteiger partial charge >= 0.3 is 6.09 Å². The highest BCUT2D eigenvalue weighted by Crippen LogP contribution is 2.38. The van der Waals surface area contributed by atoms with Crippen LogP contribution in [0.1, 0.15) is 64.2 Å². The third-order valence-corrected chi connectivity index (χ3v) is 4.37. The fraction of sp³-hybridized carbons (Fsp3) is 0.800. The first kappa shape index (κ1) is 15.5. The van der Waals surface area contributed by atoms with Gasteiger partial charge in [0.15, 0.2) is 4.77 Å². The molecule has 1 saturated carbocycles. The highest BCUT2D eigenvalue weighted by molar-refractivity contribution is 7.71. The Hall–Kier alpha value is -1.37. The lowest BCUT2D eigenvalue weighted by molar-refractivity contribution is 0.0195. The normalized spacial score (nSPS) is 22.7. The van der Waals surface area contributed by atoms with Crippen LogP contribution in [-0.4, -0.2) is 44.4 Å². The molecule has 1 aromatic heterocycles. The van der Waals surface area contributed by atoms with E-state index in [-0.39, 0.29) is 12.0 Å². The Morgan fingerprint density at radius 3 is 2.73 bits per heavy atom. The fourth-order valence-electron chi connectivity index (χ4n) is 2.97. The molecule has 1 aliphatic heterocycles. The molecule has 1 aromatic rings. The summed E-state index contributed by atoms with van der Waals surface area (Å²) in [7, 11) is 0. The van der Waals surface area contributed by atoms with Gasteiger partial charge in [-0.1, -0.05) is 0 Å². The number of ether oxygens (including phenoxy) is 1. The molecule has 1 saturated heterocycles. The molecule has 2 fully saturated rings. The molecule has 0 aromatic carbocycles. The second-order valence-corrected chi connectivity index (χ2v) is 7.64. The predicted octanol–water partition coefficient (Wildman–Crippen LogP) is 3.39. The number of nitrogens with one attached hydrogen (secondary N) is 1. The summed E-state index contributed by atoms with van der Waals surface area (Å²) in [5, 5.41) is 7.36. The average Bonchev–Trinajstić information content (AvgIpc) is 3.20. The Morgan fingerprint density at radius 1 is 1.36 bits per heavy atom.